The molecular formula is C13H10BrCl2NS. The summed E-state index contributed by atoms with van der Waals surface area (Å²) in [5, 5.41) is 1.21. The molecule has 0 aliphatic heterocycles. The molecule has 5 heteroatoms. The number of thioether (sulfide) groups is 1. The van der Waals surface area contributed by atoms with Gasteiger partial charge in [-0.15, -0.1) is 11.8 Å². The maximum absolute atomic E-state index is 6.15. The summed E-state index contributed by atoms with van der Waals surface area (Å²) in [6.45, 7) is 0. The fourth-order valence-corrected chi connectivity index (χ4v) is 3.57. The lowest BCUT2D eigenvalue weighted by Gasteiger charge is -2.07. The maximum Gasteiger partial charge on any atom is 0.0632 e. The van der Waals surface area contributed by atoms with Crippen LogP contribution in [0, 0.1) is 0 Å². The van der Waals surface area contributed by atoms with Gasteiger partial charge in [-0.1, -0.05) is 35.3 Å². The summed E-state index contributed by atoms with van der Waals surface area (Å²) in [6.07, 6.45) is 0. The Labute approximate surface area is 129 Å². The van der Waals surface area contributed by atoms with Crippen molar-refractivity contribution in [3.05, 3.63) is 56.5 Å². The summed E-state index contributed by atoms with van der Waals surface area (Å²) in [5.74, 6) is 0.766. The predicted octanol–water partition coefficient (Wildman–Crippen LogP) is 5.63. The highest BCUT2D eigenvalue weighted by Gasteiger charge is 2.06. The normalized spacial score (nSPS) is 10.6. The molecule has 0 spiro atoms. The molecule has 1 nitrogen and oxygen atoms in total. The fourth-order valence-electron chi connectivity index (χ4n) is 1.45. The Morgan fingerprint density at radius 3 is 2.67 bits per heavy atom. The van der Waals surface area contributed by atoms with Crippen LogP contribution in [0.5, 0.6) is 0 Å². The molecule has 0 heterocycles. The van der Waals surface area contributed by atoms with Crippen LogP contribution >= 0.6 is 50.9 Å². The van der Waals surface area contributed by atoms with Gasteiger partial charge in [-0.2, -0.15) is 0 Å². The van der Waals surface area contributed by atoms with E-state index in [0.717, 1.165) is 26.4 Å². The summed E-state index contributed by atoms with van der Waals surface area (Å²) in [4.78, 5) is 1.13. The standard InChI is InChI=1S/C13H10BrCl2NS/c14-10-6-9(17)4-5-12(10)18-7-8-2-1-3-11(15)13(8)16/h1-6H,7,17H2. The van der Waals surface area contributed by atoms with Crippen molar-refractivity contribution in [2.75, 3.05) is 5.73 Å². The molecule has 0 saturated carbocycles. The molecule has 2 N–H and O–H groups in total. The number of anilines is 1. The average Bonchev–Trinajstić information content (AvgIpc) is 2.33. The maximum atomic E-state index is 6.15. The molecule has 0 fully saturated rings. The van der Waals surface area contributed by atoms with Gasteiger partial charge in [0.25, 0.3) is 0 Å². The first-order chi connectivity index (χ1) is 8.58. The van der Waals surface area contributed by atoms with Crippen LogP contribution in [0.25, 0.3) is 0 Å². The summed E-state index contributed by atoms with van der Waals surface area (Å²) in [7, 11) is 0. The topological polar surface area (TPSA) is 26.0 Å². The molecule has 0 bridgehead atoms. The first-order valence-electron chi connectivity index (χ1n) is 5.18. The first kappa shape index (κ1) is 14.1. The van der Waals surface area contributed by atoms with E-state index in [0.29, 0.717) is 10.0 Å². The molecule has 0 unspecified atom stereocenters. The largest absolute Gasteiger partial charge is 0.399 e. The van der Waals surface area contributed by atoms with E-state index in [4.69, 9.17) is 28.9 Å². The molecule has 2 rings (SSSR count). The Balaban J connectivity index is 2.14. The van der Waals surface area contributed by atoms with Crippen molar-refractivity contribution in [3.8, 4) is 0 Å². The van der Waals surface area contributed by atoms with Crippen LogP contribution in [0.4, 0.5) is 5.69 Å². The van der Waals surface area contributed by atoms with Gasteiger partial charge in [-0.25, -0.2) is 0 Å². The van der Waals surface area contributed by atoms with Gasteiger partial charge in [0.15, 0.2) is 0 Å². The number of nitrogen functional groups attached to an aromatic ring is 1. The van der Waals surface area contributed by atoms with Gasteiger partial charge in [-0.05, 0) is 45.8 Å². The zero-order chi connectivity index (χ0) is 13.1. The molecule has 94 valence electrons. The van der Waals surface area contributed by atoms with E-state index < -0.39 is 0 Å². The number of nitrogens with two attached hydrogens (primary N) is 1. The van der Waals surface area contributed by atoms with Crippen LogP contribution in [0.15, 0.2) is 45.8 Å². The molecule has 2 aromatic carbocycles. The highest BCUT2D eigenvalue weighted by Crippen LogP contribution is 2.34. The van der Waals surface area contributed by atoms with Crippen molar-refractivity contribution in [1.29, 1.82) is 0 Å². The molecule has 18 heavy (non-hydrogen) atoms. The van der Waals surface area contributed by atoms with E-state index in [1.165, 1.54) is 0 Å². The van der Waals surface area contributed by atoms with Gasteiger partial charge in [-0.3, -0.25) is 0 Å². The Morgan fingerprint density at radius 2 is 1.94 bits per heavy atom. The van der Waals surface area contributed by atoms with Crippen molar-refractivity contribution >= 4 is 56.6 Å². The lowest BCUT2D eigenvalue weighted by molar-refractivity contribution is 1.36. The van der Waals surface area contributed by atoms with E-state index in [-0.39, 0.29) is 0 Å². The van der Waals surface area contributed by atoms with Gasteiger partial charge >= 0.3 is 0 Å². The average molecular weight is 363 g/mol. The SMILES string of the molecule is Nc1ccc(SCc2cccc(Cl)c2Cl)c(Br)c1. The van der Waals surface area contributed by atoms with Gasteiger partial charge in [0.1, 0.15) is 0 Å². The quantitative estimate of drug-likeness (QED) is 0.565. The van der Waals surface area contributed by atoms with Crippen LogP contribution in [0.2, 0.25) is 10.0 Å². The minimum atomic E-state index is 0.589. The van der Waals surface area contributed by atoms with Crippen LogP contribution < -0.4 is 5.73 Å². The Morgan fingerprint density at radius 1 is 1.17 bits per heavy atom. The number of benzene rings is 2. The van der Waals surface area contributed by atoms with Gasteiger partial charge in [0, 0.05) is 20.8 Å². The number of hydrogen-bond donors (Lipinski definition) is 1. The van der Waals surface area contributed by atoms with Crippen molar-refractivity contribution in [1.82, 2.24) is 0 Å². The zero-order valence-corrected chi connectivity index (χ0v) is 13.2. The van der Waals surface area contributed by atoms with Crippen LogP contribution in [0.3, 0.4) is 0 Å². The monoisotopic (exact) mass is 361 g/mol. The Bertz CT molecular complexity index is 575. The second-order valence-electron chi connectivity index (χ2n) is 3.69. The smallest absolute Gasteiger partial charge is 0.0632 e. The lowest BCUT2D eigenvalue weighted by Crippen LogP contribution is -1.87. The molecule has 0 saturated heterocycles. The number of rotatable bonds is 3. The second kappa shape index (κ2) is 6.20. The Kier molecular flexibility index (Phi) is 4.84. The molecule has 0 atom stereocenters. The molecule has 0 aromatic heterocycles. The summed E-state index contributed by atoms with van der Waals surface area (Å²) in [6, 6.07) is 11.4. The van der Waals surface area contributed by atoms with Crippen molar-refractivity contribution in [2.24, 2.45) is 0 Å². The molecule has 0 aliphatic rings. The van der Waals surface area contributed by atoms with Crippen molar-refractivity contribution in [3.63, 3.8) is 0 Å². The highest BCUT2D eigenvalue weighted by molar-refractivity contribution is 9.10. The molecular weight excluding hydrogens is 353 g/mol. The lowest BCUT2D eigenvalue weighted by atomic mass is 10.2. The molecule has 0 aliphatic carbocycles. The van der Waals surface area contributed by atoms with Crippen LogP contribution in [-0.4, -0.2) is 0 Å². The van der Waals surface area contributed by atoms with E-state index in [9.17, 15) is 0 Å². The first-order valence-corrected chi connectivity index (χ1v) is 7.72. The fraction of sp³-hybridized carbons (Fsp3) is 0.0769. The Hall–Kier alpha value is -0.350. The third-order valence-corrected chi connectivity index (χ3v) is 5.27. The minimum absolute atomic E-state index is 0.589. The van der Waals surface area contributed by atoms with Gasteiger partial charge < -0.3 is 5.73 Å². The van der Waals surface area contributed by atoms with E-state index >= 15 is 0 Å². The third kappa shape index (κ3) is 3.35. The van der Waals surface area contributed by atoms with Crippen molar-refractivity contribution in [2.45, 2.75) is 10.6 Å². The van der Waals surface area contributed by atoms with E-state index in [2.05, 4.69) is 15.9 Å². The summed E-state index contributed by atoms with van der Waals surface area (Å²) < 4.78 is 0.991. The van der Waals surface area contributed by atoms with Crippen LogP contribution in [-0.2, 0) is 5.75 Å². The molecule has 2 aromatic rings. The van der Waals surface area contributed by atoms with Gasteiger partial charge in [0.2, 0.25) is 0 Å². The van der Waals surface area contributed by atoms with E-state index in [1.807, 2.05) is 30.3 Å². The third-order valence-electron chi connectivity index (χ3n) is 2.37. The number of halogens is 3. The predicted molar refractivity (Wildman–Crippen MR) is 84.6 cm³/mol. The molecule has 0 radical (unpaired) electrons. The summed E-state index contributed by atoms with van der Waals surface area (Å²) in [5.41, 5.74) is 7.47. The zero-order valence-electron chi connectivity index (χ0n) is 9.29. The second-order valence-corrected chi connectivity index (χ2v) is 6.35. The number of hydrogen-bond acceptors (Lipinski definition) is 2. The van der Waals surface area contributed by atoms with Crippen LogP contribution in [0.1, 0.15) is 5.56 Å². The van der Waals surface area contributed by atoms with Crippen molar-refractivity contribution < 1.29 is 0 Å². The van der Waals surface area contributed by atoms with Gasteiger partial charge in [0.05, 0.1) is 10.0 Å². The summed E-state index contributed by atoms with van der Waals surface area (Å²) >= 11 is 17.3. The minimum Gasteiger partial charge on any atom is -0.399 e. The van der Waals surface area contributed by atoms with E-state index in [1.54, 1.807) is 17.8 Å². The molecule has 0 amide bonds. The highest BCUT2D eigenvalue weighted by atomic mass is 79.9.